The Balaban J connectivity index is 1.87. The fourth-order valence-electron chi connectivity index (χ4n) is 1.51. The zero-order chi connectivity index (χ0) is 13.7. The first kappa shape index (κ1) is 12.8. The molecule has 0 atom stereocenters. The third-order valence-electron chi connectivity index (χ3n) is 2.34. The predicted molar refractivity (Wildman–Crippen MR) is 67.5 cm³/mol. The molecule has 10 nitrogen and oxygen atoms in total. The molecule has 19 heavy (non-hydrogen) atoms. The molecule has 2 aromatic heterocycles. The van der Waals surface area contributed by atoms with Crippen LogP contribution in [0.5, 0.6) is 0 Å². The fraction of sp³-hybridized carbons (Fsp3) is 0.333. The zero-order valence-corrected chi connectivity index (χ0v) is 9.97. The van der Waals surface area contributed by atoms with Crippen LogP contribution in [0.3, 0.4) is 0 Å². The SMILES string of the molecule is Nc1nc(NCCCNC(=O)NO)c2[nH]cnc2n1. The lowest BCUT2D eigenvalue weighted by molar-refractivity contribution is 0.162. The van der Waals surface area contributed by atoms with Crippen molar-refractivity contribution in [1.82, 2.24) is 30.7 Å². The number of nitrogens with two attached hydrogens (primary N) is 1. The largest absolute Gasteiger partial charge is 0.368 e. The Bertz CT molecular complexity index is 568. The summed E-state index contributed by atoms with van der Waals surface area (Å²) in [5.74, 6) is 0.700. The van der Waals surface area contributed by atoms with Gasteiger partial charge in [0.1, 0.15) is 5.52 Å². The Kier molecular flexibility index (Phi) is 3.93. The maximum Gasteiger partial charge on any atom is 0.338 e. The minimum Gasteiger partial charge on any atom is -0.368 e. The summed E-state index contributed by atoms with van der Waals surface area (Å²) < 4.78 is 0. The molecule has 0 aliphatic carbocycles. The van der Waals surface area contributed by atoms with E-state index >= 15 is 0 Å². The Morgan fingerprint density at radius 1 is 1.42 bits per heavy atom. The van der Waals surface area contributed by atoms with E-state index in [9.17, 15) is 4.79 Å². The molecular weight excluding hydrogens is 252 g/mol. The number of hydrogen-bond donors (Lipinski definition) is 6. The van der Waals surface area contributed by atoms with Gasteiger partial charge in [-0.05, 0) is 6.42 Å². The highest BCUT2D eigenvalue weighted by molar-refractivity contribution is 5.83. The molecule has 2 rings (SSSR count). The number of urea groups is 1. The molecule has 0 fully saturated rings. The number of imidazole rings is 1. The highest BCUT2D eigenvalue weighted by Crippen LogP contribution is 2.16. The number of nitrogens with one attached hydrogen (secondary N) is 4. The van der Waals surface area contributed by atoms with Gasteiger partial charge in [0.25, 0.3) is 0 Å². The van der Waals surface area contributed by atoms with E-state index in [-0.39, 0.29) is 5.95 Å². The smallest absolute Gasteiger partial charge is 0.338 e. The van der Waals surface area contributed by atoms with E-state index in [0.29, 0.717) is 36.5 Å². The molecule has 0 spiro atoms. The first-order valence-electron chi connectivity index (χ1n) is 5.59. The molecule has 0 aliphatic heterocycles. The molecule has 0 saturated heterocycles. The van der Waals surface area contributed by atoms with E-state index in [2.05, 4.69) is 30.6 Å². The van der Waals surface area contributed by atoms with Crippen molar-refractivity contribution in [2.24, 2.45) is 0 Å². The molecule has 2 aromatic rings. The molecule has 2 amide bonds. The summed E-state index contributed by atoms with van der Waals surface area (Å²) in [7, 11) is 0. The molecule has 0 bridgehead atoms. The second-order valence-corrected chi connectivity index (χ2v) is 3.68. The molecule has 0 aromatic carbocycles. The third-order valence-corrected chi connectivity index (χ3v) is 2.34. The van der Waals surface area contributed by atoms with Crippen LogP contribution in [0.2, 0.25) is 0 Å². The molecule has 10 heteroatoms. The van der Waals surface area contributed by atoms with Crippen LogP contribution in [0.1, 0.15) is 6.42 Å². The Labute approximate surface area is 107 Å². The van der Waals surface area contributed by atoms with E-state index in [0.717, 1.165) is 0 Å². The van der Waals surface area contributed by atoms with Crippen LogP contribution in [0, 0.1) is 0 Å². The molecule has 0 radical (unpaired) electrons. The molecular formula is C9H14N8O2. The maximum absolute atomic E-state index is 10.7. The summed E-state index contributed by atoms with van der Waals surface area (Å²) in [5.41, 5.74) is 8.21. The molecule has 0 unspecified atom stereocenters. The van der Waals surface area contributed by atoms with Crippen LogP contribution in [0.25, 0.3) is 11.2 Å². The molecule has 2 heterocycles. The van der Waals surface area contributed by atoms with Gasteiger partial charge in [-0.1, -0.05) is 0 Å². The van der Waals surface area contributed by atoms with E-state index in [1.165, 1.54) is 11.8 Å². The van der Waals surface area contributed by atoms with Crippen LogP contribution >= 0.6 is 0 Å². The standard InChI is InChI=1S/C9H14N8O2/c10-8-15-6(5-7(16-8)14-4-13-5)11-2-1-3-12-9(18)17-19/h4,19H,1-3H2,(H2,12,17,18)(H4,10,11,13,14,15,16). The number of nitrogen functional groups attached to an aromatic ring is 1. The second kappa shape index (κ2) is 5.82. The third kappa shape index (κ3) is 3.19. The average Bonchev–Trinajstić information content (AvgIpc) is 2.85. The fourth-order valence-corrected chi connectivity index (χ4v) is 1.51. The van der Waals surface area contributed by atoms with Gasteiger partial charge < -0.3 is 21.4 Å². The Hall–Kier alpha value is -2.62. The van der Waals surface area contributed by atoms with Crippen molar-refractivity contribution in [3.8, 4) is 0 Å². The van der Waals surface area contributed by atoms with Crippen molar-refractivity contribution in [2.45, 2.75) is 6.42 Å². The number of H-pyrrole nitrogens is 1. The van der Waals surface area contributed by atoms with Gasteiger partial charge in [-0.15, -0.1) is 0 Å². The lowest BCUT2D eigenvalue weighted by Crippen LogP contribution is -2.34. The Morgan fingerprint density at radius 2 is 2.26 bits per heavy atom. The number of aromatic amines is 1. The summed E-state index contributed by atoms with van der Waals surface area (Å²) >= 11 is 0. The van der Waals surface area contributed by atoms with Gasteiger partial charge in [-0.25, -0.2) is 15.3 Å². The Morgan fingerprint density at radius 3 is 3.05 bits per heavy atom. The first-order chi connectivity index (χ1) is 9.20. The van der Waals surface area contributed by atoms with E-state index < -0.39 is 6.03 Å². The minimum atomic E-state index is -0.637. The quantitative estimate of drug-likeness (QED) is 0.240. The number of amides is 2. The van der Waals surface area contributed by atoms with Crippen LogP contribution in [0.4, 0.5) is 16.6 Å². The number of carbonyl (C=O) groups excluding carboxylic acids is 1. The van der Waals surface area contributed by atoms with Crippen molar-refractivity contribution in [1.29, 1.82) is 0 Å². The van der Waals surface area contributed by atoms with Crippen LogP contribution in [-0.2, 0) is 0 Å². The van der Waals surface area contributed by atoms with E-state index in [1.54, 1.807) is 0 Å². The molecule has 0 saturated carbocycles. The maximum atomic E-state index is 10.7. The normalized spacial score (nSPS) is 10.4. The number of nitrogens with zero attached hydrogens (tertiary/aromatic N) is 3. The minimum absolute atomic E-state index is 0.139. The van der Waals surface area contributed by atoms with Gasteiger partial charge in [-0.3, -0.25) is 5.21 Å². The summed E-state index contributed by atoms with van der Waals surface area (Å²) in [6, 6.07) is -0.637. The van der Waals surface area contributed by atoms with Crippen LogP contribution < -0.4 is 21.8 Å². The van der Waals surface area contributed by atoms with Crippen molar-refractivity contribution in [2.75, 3.05) is 24.1 Å². The summed E-state index contributed by atoms with van der Waals surface area (Å²) in [6.07, 6.45) is 2.16. The average molecular weight is 266 g/mol. The van der Waals surface area contributed by atoms with Crippen molar-refractivity contribution in [3.05, 3.63) is 6.33 Å². The lowest BCUT2D eigenvalue weighted by atomic mass is 10.4. The van der Waals surface area contributed by atoms with Gasteiger partial charge in [0, 0.05) is 13.1 Å². The molecule has 7 N–H and O–H groups in total. The van der Waals surface area contributed by atoms with Crippen molar-refractivity contribution in [3.63, 3.8) is 0 Å². The summed E-state index contributed by atoms with van der Waals surface area (Å²) in [4.78, 5) is 25.6. The highest BCUT2D eigenvalue weighted by atomic mass is 16.5. The van der Waals surface area contributed by atoms with Crippen LogP contribution in [0.15, 0.2) is 6.33 Å². The van der Waals surface area contributed by atoms with E-state index in [1.807, 2.05) is 0 Å². The number of carbonyl (C=O) groups is 1. The lowest BCUT2D eigenvalue weighted by Gasteiger charge is -2.07. The van der Waals surface area contributed by atoms with Gasteiger partial charge in [-0.2, -0.15) is 9.97 Å². The van der Waals surface area contributed by atoms with Gasteiger partial charge in [0.15, 0.2) is 11.5 Å². The topological polar surface area (TPSA) is 154 Å². The first-order valence-corrected chi connectivity index (χ1v) is 5.59. The molecule has 102 valence electrons. The number of hydrogen-bond acceptors (Lipinski definition) is 7. The number of fused-ring (bicyclic) bond motifs is 1. The van der Waals surface area contributed by atoms with Crippen molar-refractivity contribution >= 4 is 29.0 Å². The number of aromatic nitrogens is 4. The number of anilines is 2. The van der Waals surface area contributed by atoms with Gasteiger partial charge in [0.05, 0.1) is 6.33 Å². The predicted octanol–water partition coefficient (Wildman–Crippen LogP) is -0.574. The van der Waals surface area contributed by atoms with Gasteiger partial charge >= 0.3 is 6.03 Å². The monoisotopic (exact) mass is 266 g/mol. The molecule has 0 aliphatic rings. The highest BCUT2D eigenvalue weighted by Gasteiger charge is 2.07. The van der Waals surface area contributed by atoms with Crippen molar-refractivity contribution < 1.29 is 10.0 Å². The van der Waals surface area contributed by atoms with Gasteiger partial charge in [0.2, 0.25) is 5.95 Å². The number of rotatable bonds is 5. The zero-order valence-electron chi connectivity index (χ0n) is 9.97. The van der Waals surface area contributed by atoms with Crippen LogP contribution in [-0.4, -0.2) is 44.3 Å². The summed E-state index contributed by atoms with van der Waals surface area (Å²) in [6.45, 7) is 0.975. The second-order valence-electron chi connectivity index (χ2n) is 3.68. The summed E-state index contributed by atoms with van der Waals surface area (Å²) in [5, 5.41) is 13.8. The number of hydroxylamine groups is 1. The van der Waals surface area contributed by atoms with E-state index in [4.69, 9.17) is 10.9 Å².